The second kappa shape index (κ2) is 12.8. The summed E-state index contributed by atoms with van der Waals surface area (Å²) < 4.78 is 10.7. The first-order valence-electron chi connectivity index (χ1n) is 11.7. The van der Waals surface area contributed by atoms with Gasteiger partial charge in [0.15, 0.2) is 6.61 Å². The maximum absolute atomic E-state index is 13.4. The maximum Gasteiger partial charge on any atom is 0.311 e. The van der Waals surface area contributed by atoms with E-state index in [0.717, 1.165) is 25.7 Å². The van der Waals surface area contributed by atoms with Gasteiger partial charge in [0.2, 0.25) is 11.7 Å². The molecule has 1 atom stereocenters. The summed E-state index contributed by atoms with van der Waals surface area (Å²) in [6.07, 6.45) is 4.39. The van der Waals surface area contributed by atoms with Crippen LogP contribution in [0.4, 0.5) is 5.69 Å². The summed E-state index contributed by atoms with van der Waals surface area (Å²) >= 11 is 12.2. The largest absolute Gasteiger partial charge is 0.490 e. The molecule has 1 fully saturated rings. The Bertz CT molecular complexity index is 1110. The van der Waals surface area contributed by atoms with Crippen LogP contribution in [0.25, 0.3) is 0 Å². The molecule has 3 rings (SSSR count). The number of carbonyl (C=O) groups is 2. The van der Waals surface area contributed by atoms with E-state index in [4.69, 9.17) is 32.7 Å². The number of nitro groups is 1. The van der Waals surface area contributed by atoms with E-state index < -0.39 is 16.9 Å². The number of benzene rings is 2. The van der Waals surface area contributed by atoms with Gasteiger partial charge in [-0.05, 0) is 43.0 Å². The minimum atomic E-state index is -0.720. The van der Waals surface area contributed by atoms with Gasteiger partial charge in [-0.3, -0.25) is 19.7 Å². The van der Waals surface area contributed by atoms with E-state index in [1.165, 1.54) is 30.2 Å². The molecule has 1 aliphatic rings. The van der Waals surface area contributed by atoms with Crippen LogP contribution in [0, 0.1) is 10.1 Å². The number of halogens is 2. The predicted molar refractivity (Wildman–Crippen MR) is 137 cm³/mol. The molecule has 0 aromatic heterocycles. The van der Waals surface area contributed by atoms with Gasteiger partial charge >= 0.3 is 5.69 Å². The molecule has 0 saturated heterocycles. The van der Waals surface area contributed by atoms with Gasteiger partial charge in [0, 0.05) is 24.7 Å². The van der Waals surface area contributed by atoms with Crippen molar-refractivity contribution in [1.82, 2.24) is 10.2 Å². The van der Waals surface area contributed by atoms with E-state index in [0.29, 0.717) is 22.0 Å². The van der Waals surface area contributed by atoms with Gasteiger partial charge in [-0.1, -0.05) is 49.0 Å². The molecule has 0 spiro atoms. The molecular formula is C25H29Cl2N3O6. The van der Waals surface area contributed by atoms with E-state index >= 15 is 0 Å². The van der Waals surface area contributed by atoms with Gasteiger partial charge in [-0.2, -0.15) is 0 Å². The van der Waals surface area contributed by atoms with Crippen molar-refractivity contribution in [3.8, 4) is 11.5 Å². The smallest absolute Gasteiger partial charge is 0.311 e. The highest BCUT2D eigenvalue weighted by atomic mass is 35.5. The lowest BCUT2D eigenvalue weighted by Gasteiger charge is -2.31. The molecule has 1 unspecified atom stereocenters. The summed E-state index contributed by atoms with van der Waals surface area (Å²) in [6.45, 7) is 1.59. The van der Waals surface area contributed by atoms with Crippen molar-refractivity contribution >= 4 is 40.7 Å². The van der Waals surface area contributed by atoms with Crippen molar-refractivity contribution in [2.45, 2.75) is 57.7 Å². The summed E-state index contributed by atoms with van der Waals surface area (Å²) in [4.78, 5) is 38.6. The fourth-order valence-electron chi connectivity index (χ4n) is 4.25. The van der Waals surface area contributed by atoms with Gasteiger partial charge < -0.3 is 19.7 Å². The third kappa shape index (κ3) is 7.01. The molecule has 9 nitrogen and oxygen atoms in total. The summed E-state index contributed by atoms with van der Waals surface area (Å²) in [5, 5.41) is 14.9. The minimum Gasteiger partial charge on any atom is -0.490 e. The van der Waals surface area contributed by atoms with Crippen LogP contribution in [-0.4, -0.2) is 47.4 Å². The molecule has 0 aliphatic heterocycles. The molecule has 0 radical (unpaired) electrons. The highest BCUT2D eigenvalue weighted by Crippen LogP contribution is 2.31. The Morgan fingerprint density at radius 3 is 2.50 bits per heavy atom. The van der Waals surface area contributed by atoms with Crippen molar-refractivity contribution in [3.63, 3.8) is 0 Å². The van der Waals surface area contributed by atoms with Gasteiger partial charge in [0.05, 0.1) is 22.1 Å². The molecule has 194 valence electrons. The molecule has 1 saturated carbocycles. The Morgan fingerprint density at radius 2 is 1.89 bits per heavy atom. The lowest BCUT2D eigenvalue weighted by Crippen LogP contribution is -2.52. The van der Waals surface area contributed by atoms with E-state index in [1.807, 2.05) is 6.92 Å². The van der Waals surface area contributed by atoms with Gasteiger partial charge in [0.25, 0.3) is 5.91 Å². The topological polar surface area (TPSA) is 111 Å². The zero-order chi connectivity index (χ0) is 26.2. The Balaban J connectivity index is 1.80. The van der Waals surface area contributed by atoms with E-state index in [-0.39, 0.29) is 42.3 Å². The summed E-state index contributed by atoms with van der Waals surface area (Å²) in [7, 11) is 1.31. The second-order valence-corrected chi connectivity index (χ2v) is 9.38. The number of nitrogens with one attached hydrogen (secondary N) is 1. The number of ether oxygens (including phenoxy) is 2. The lowest BCUT2D eigenvalue weighted by atomic mass is 10.1. The van der Waals surface area contributed by atoms with Crippen LogP contribution < -0.4 is 14.8 Å². The molecular weight excluding hydrogens is 509 g/mol. The molecule has 2 aromatic rings. The van der Waals surface area contributed by atoms with Crippen LogP contribution in [0.1, 0.15) is 44.6 Å². The summed E-state index contributed by atoms with van der Waals surface area (Å²) in [6, 6.07) is 8.42. The van der Waals surface area contributed by atoms with Gasteiger partial charge in [-0.25, -0.2) is 0 Å². The molecule has 11 heteroatoms. The number of hydrogen-bond acceptors (Lipinski definition) is 6. The number of amides is 2. The zero-order valence-electron chi connectivity index (χ0n) is 20.2. The first kappa shape index (κ1) is 27.5. The molecule has 1 N–H and O–H groups in total. The number of carbonyl (C=O) groups excluding carboxylic acids is 2. The molecule has 1 aliphatic carbocycles. The van der Waals surface area contributed by atoms with Gasteiger partial charge in [0.1, 0.15) is 11.8 Å². The van der Waals surface area contributed by atoms with Crippen molar-refractivity contribution in [3.05, 3.63) is 62.1 Å². The molecule has 36 heavy (non-hydrogen) atoms. The number of hydrogen-bond donors (Lipinski definition) is 1. The van der Waals surface area contributed by atoms with Crippen LogP contribution in [0.5, 0.6) is 11.5 Å². The molecule has 0 bridgehead atoms. The number of methoxy groups -OCH3 is 1. The van der Waals surface area contributed by atoms with Crippen molar-refractivity contribution in [2.75, 3.05) is 13.7 Å². The van der Waals surface area contributed by atoms with Crippen LogP contribution >= 0.6 is 23.2 Å². The fraction of sp³-hybridized carbons (Fsp3) is 0.440. The van der Waals surface area contributed by atoms with E-state index in [9.17, 15) is 19.7 Å². The average Bonchev–Trinajstić information content (AvgIpc) is 3.37. The minimum absolute atomic E-state index is 0.0139. The zero-order valence-corrected chi connectivity index (χ0v) is 21.7. The highest BCUT2D eigenvalue weighted by Gasteiger charge is 2.31. The monoisotopic (exact) mass is 537 g/mol. The van der Waals surface area contributed by atoms with Crippen molar-refractivity contribution in [2.24, 2.45) is 0 Å². The standard InChI is InChI=1S/C25H29Cl2N3O6/c1-3-21(25(32)28-17-6-4-5-7-17)29(14-16-8-10-19(26)20(27)12-16)24(31)15-36-18-9-11-22(30(33)34)23(13-18)35-2/h8-13,17,21H,3-7,14-15H2,1-2H3,(H,28,32). The first-order chi connectivity index (χ1) is 17.2. The van der Waals surface area contributed by atoms with Crippen molar-refractivity contribution < 1.29 is 24.0 Å². The maximum atomic E-state index is 13.4. The highest BCUT2D eigenvalue weighted by molar-refractivity contribution is 6.42. The number of rotatable bonds is 11. The van der Waals surface area contributed by atoms with Crippen LogP contribution in [0.3, 0.4) is 0 Å². The normalized spacial score (nSPS) is 14.2. The third-order valence-corrected chi connectivity index (χ3v) is 6.87. The van der Waals surface area contributed by atoms with Crippen LogP contribution in [0.15, 0.2) is 36.4 Å². The molecule has 2 amide bonds. The predicted octanol–water partition coefficient (Wildman–Crippen LogP) is 5.16. The van der Waals surface area contributed by atoms with Gasteiger partial charge in [-0.15, -0.1) is 0 Å². The lowest BCUT2D eigenvalue weighted by molar-refractivity contribution is -0.385. The Labute approximate surface area is 219 Å². The first-order valence-corrected chi connectivity index (χ1v) is 12.5. The van der Waals surface area contributed by atoms with Crippen LogP contribution in [-0.2, 0) is 16.1 Å². The Morgan fingerprint density at radius 1 is 1.17 bits per heavy atom. The Hall–Kier alpha value is -3.04. The number of nitro benzene ring substituents is 1. The Kier molecular flexibility index (Phi) is 9.78. The quantitative estimate of drug-likeness (QED) is 0.313. The second-order valence-electron chi connectivity index (χ2n) is 8.56. The fourth-order valence-corrected chi connectivity index (χ4v) is 4.57. The van der Waals surface area contributed by atoms with E-state index in [1.54, 1.807) is 18.2 Å². The molecule has 0 heterocycles. The van der Waals surface area contributed by atoms with Crippen molar-refractivity contribution in [1.29, 1.82) is 0 Å². The summed E-state index contributed by atoms with van der Waals surface area (Å²) in [5.41, 5.74) is 0.494. The SMILES string of the molecule is CCC(C(=O)NC1CCCC1)N(Cc1ccc(Cl)c(Cl)c1)C(=O)COc1ccc([N+](=O)[O-])c(OC)c1. The molecule has 2 aromatic carbocycles. The number of nitrogens with zero attached hydrogens (tertiary/aromatic N) is 2. The average molecular weight is 538 g/mol. The summed E-state index contributed by atoms with van der Waals surface area (Å²) in [5.74, 6) is -0.398. The van der Waals surface area contributed by atoms with E-state index in [2.05, 4.69) is 5.32 Å². The third-order valence-electron chi connectivity index (χ3n) is 6.13. The van der Waals surface area contributed by atoms with Crippen LogP contribution in [0.2, 0.25) is 10.0 Å².